The number of carbonyl (C=O) groups excluding carboxylic acids is 2. The van der Waals surface area contributed by atoms with Gasteiger partial charge in [-0.1, -0.05) is 30.0 Å². The topological polar surface area (TPSA) is 74.3 Å². The molecule has 2 fully saturated rings. The van der Waals surface area contributed by atoms with E-state index in [0.29, 0.717) is 33.9 Å². The molecule has 2 aliphatic heterocycles. The lowest BCUT2D eigenvalue weighted by Crippen LogP contribution is -2.35. The second-order valence-corrected chi connectivity index (χ2v) is 8.11. The number of benzene rings is 1. The Labute approximate surface area is 179 Å². The van der Waals surface area contributed by atoms with Crippen molar-refractivity contribution in [1.82, 2.24) is 4.90 Å². The average Bonchev–Trinajstić information content (AvgIpc) is 3.31. The molecule has 0 aromatic heterocycles. The predicted molar refractivity (Wildman–Crippen MR) is 114 cm³/mol. The molecule has 2 aliphatic rings. The number of thiocarbonyl (C=S) groups is 1. The minimum atomic E-state index is -0.480. The Kier molecular flexibility index (Phi) is 7.51. The predicted octanol–water partition coefficient (Wildman–Crippen LogP) is 3.02. The maximum Gasteiger partial charge on any atom is 0.343 e. The molecule has 0 N–H and O–H groups in total. The van der Waals surface area contributed by atoms with E-state index in [2.05, 4.69) is 4.74 Å². The molecule has 1 aromatic rings. The van der Waals surface area contributed by atoms with E-state index in [4.69, 9.17) is 26.4 Å². The number of ether oxygens (including phenoxy) is 4. The van der Waals surface area contributed by atoms with Crippen molar-refractivity contribution in [1.29, 1.82) is 0 Å². The van der Waals surface area contributed by atoms with Crippen LogP contribution in [-0.2, 0) is 19.1 Å². The first-order chi connectivity index (χ1) is 14.0. The van der Waals surface area contributed by atoms with Gasteiger partial charge in [-0.25, -0.2) is 4.79 Å². The zero-order valence-electron chi connectivity index (χ0n) is 16.3. The molecule has 29 heavy (non-hydrogen) atoms. The van der Waals surface area contributed by atoms with Gasteiger partial charge in [0, 0.05) is 6.61 Å². The van der Waals surface area contributed by atoms with E-state index in [1.54, 1.807) is 29.2 Å². The Hall–Kier alpha value is -2.10. The monoisotopic (exact) mass is 437 g/mol. The van der Waals surface area contributed by atoms with E-state index in [-0.39, 0.29) is 18.6 Å². The van der Waals surface area contributed by atoms with Crippen LogP contribution in [0.5, 0.6) is 11.5 Å². The minimum absolute atomic E-state index is 0.0487. The first-order valence-corrected chi connectivity index (χ1v) is 10.6. The van der Waals surface area contributed by atoms with Crippen LogP contribution >= 0.6 is 24.0 Å². The number of methoxy groups -OCH3 is 1. The van der Waals surface area contributed by atoms with Gasteiger partial charge in [-0.3, -0.25) is 9.69 Å². The van der Waals surface area contributed by atoms with Crippen molar-refractivity contribution >= 4 is 46.3 Å². The van der Waals surface area contributed by atoms with Crippen LogP contribution < -0.4 is 9.47 Å². The number of amides is 1. The highest BCUT2D eigenvalue weighted by Crippen LogP contribution is 2.35. The molecular weight excluding hydrogens is 414 g/mol. The maximum absolute atomic E-state index is 12.8. The smallest absolute Gasteiger partial charge is 0.343 e. The van der Waals surface area contributed by atoms with Crippen LogP contribution in [0.1, 0.15) is 25.3 Å². The quantitative estimate of drug-likeness (QED) is 0.349. The Bertz CT molecular complexity index is 819. The summed E-state index contributed by atoms with van der Waals surface area (Å²) in [4.78, 5) is 26.3. The summed E-state index contributed by atoms with van der Waals surface area (Å²) in [7, 11) is 1.30. The number of hydrogen-bond donors (Lipinski definition) is 0. The van der Waals surface area contributed by atoms with Crippen LogP contribution in [0, 0.1) is 0 Å². The lowest BCUT2D eigenvalue weighted by atomic mass is 10.1. The van der Waals surface area contributed by atoms with Gasteiger partial charge >= 0.3 is 5.97 Å². The molecule has 0 unspecified atom stereocenters. The van der Waals surface area contributed by atoms with Gasteiger partial charge < -0.3 is 18.9 Å². The summed E-state index contributed by atoms with van der Waals surface area (Å²) >= 11 is 6.67. The van der Waals surface area contributed by atoms with E-state index in [1.165, 1.54) is 18.9 Å². The molecule has 0 spiro atoms. The van der Waals surface area contributed by atoms with E-state index >= 15 is 0 Å². The Morgan fingerprint density at radius 1 is 1.38 bits per heavy atom. The summed E-state index contributed by atoms with van der Waals surface area (Å²) in [5.41, 5.74) is 0.775. The lowest BCUT2D eigenvalue weighted by Gasteiger charge is -2.18. The van der Waals surface area contributed by atoms with Crippen molar-refractivity contribution in [3.8, 4) is 11.5 Å². The van der Waals surface area contributed by atoms with Crippen LogP contribution in [0.15, 0.2) is 23.1 Å². The van der Waals surface area contributed by atoms with Gasteiger partial charge in [0.1, 0.15) is 4.32 Å². The summed E-state index contributed by atoms with van der Waals surface area (Å²) in [6.45, 7) is 3.30. The van der Waals surface area contributed by atoms with Crippen LogP contribution in [0.3, 0.4) is 0 Å². The number of hydrogen-bond acceptors (Lipinski definition) is 8. The molecule has 1 aromatic carbocycles. The lowest BCUT2D eigenvalue weighted by molar-refractivity contribution is -0.142. The van der Waals surface area contributed by atoms with E-state index < -0.39 is 5.97 Å². The third kappa shape index (κ3) is 5.49. The van der Waals surface area contributed by atoms with Crippen molar-refractivity contribution in [2.75, 3.05) is 33.5 Å². The number of rotatable bonds is 8. The molecule has 0 aliphatic carbocycles. The standard InChI is InChI=1S/C20H23NO6S2/c1-3-25-16-9-13(6-7-15(16)27-12-18(22)24-2)10-17-19(23)21(20(28)29-17)11-14-5-4-8-26-14/h6-7,9-10,14H,3-5,8,11-12H2,1-2H3/b17-10-/t14-/m0/s1. The third-order valence-corrected chi connectivity index (χ3v) is 5.80. The zero-order valence-corrected chi connectivity index (χ0v) is 18.0. The van der Waals surface area contributed by atoms with Crippen LogP contribution in [0.4, 0.5) is 0 Å². The molecule has 0 saturated carbocycles. The Morgan fingerprint density at radius 3 is 2.90 bits per heavy atom. The summed E-state index contributed by atoms with van der Waals surface area (Å²) in [5.74, 6) is 0.325. The van der Waals surface area contributed by atoms with Crippen molar-refractivity contribution < 1.29 is 28.5 Å². The normalized spacial score (nSPS) is 20.4. The molecule has 9 heteroatoms. The third-order valence-electron chi connectivity index (χ3n) is 4.42. The summed E-state index contributed by atoms with van der Waals surface area (Å²) in [5, 5.41) is 0. The highest BCUT2D eigenvalue weighted by atomic mass is 32.2. The second kappa shape index (κ2) is 10.1. The molecule has 0 radical (unpaired) electrons. The van der Waals surface area contributed by atoms with Gasteiger partial charge in [0.05, 0.1) is 31.3 Å². The number of thioether (sulfide) groups is 1. The maximum atomic E-state index is 12.8. The van der Waals surface area contributed by atoms with Crippen LogP contribution in [0.2, 0.25) is 0 Å². The van der Waals surface area contributed by atoms with Crippen LogP contribution in [-0.4, -0.2) is 60.7 Å². The Morgan fingerprint density at radius 2 is 2.21 bits per heavy atom. The minimum Gasteiger partial charge on any atom is -0.490 e. The fourth-order valence-corrected chi connectivity index (χ4v) is 4.27. The van der Waals surface area contributed by atoms with Gasteiger partial charge in [-0.2, -0.15) is 0 Å². The molecular formula is C20H23NO6S2. The van der Waals surface area contributed by atoms with Crippen molar-refractivity contribution in [3.63, 3.8) is 0 Å². The van der Waals surface area contributed by atoms with Gasteiger partial charge in [0.25, 0.3) is 5.91 Å². The molecule has 1 atom stereocenters. The number of carbonyl (C=O) groups is 2. The Balaban J connectivity index is 1.74. The van der Waals surface area contributed by atoms with Crippen molar-refractivity contribution in [2.45, 2.75) is 25.9 Å². The molecule has 3 rings (SSSR count). The van der Waals surface area contributed by atoms with Crippen molar-refractivity contribution in [3.05, 3.63) is 28.7 Å². The first kappa shape index (κ1) is 21.6. The van der Waals surface area contributed by atoms with Gasteiger partial charge in [-0.05, 0) is 43.5 Å². The summed E-state index contributed by atoms with van der Waals surface area (Å²) < 4.78 is 21.8. The molecule has 2 heterocycles. The molecule has 2 saturated heterocycles. The number of esters is 1. The summed E-state index contributed by atoms with van der Waals surface area (Å²) in [6.07, 6.45) is 3.79. The van der Waals surface area contributed by atoms with Crippen molar-refractivity contribution in [2.24, 2.45) is 0 Å². The highest BCUT2D eigenvalue weighted by molar-refractivity contribution is 8.26. The van der Waals surface area contributed by atoms with E-state index in [1.807, 2.05) is 6.92 Å². The molecule has 156 valence electrons. The fraction of sp³-hybridized carbons (Fsp3) is 0.450. The van der Waals surface area contributed by atoms with E-state index in [9.17, 15) is 9.59 Å². The zero-order chi connectivity index (χ0) is 20.8. The van der Waals surface area contributed by atoms with Crippen LogP contribution in [0.25, 0.3) is 6.08 Å². The molecule has 7 nitrogen and oxygen atoms in total. The highest BCUT2D eigenvalue weighted by Gasteiger charge is 2.34. The first-order valence-electron chi connectivity index (χ1n) is 9.35. The second-order valence-electron chi connectivity index (χ2n) is 6.43. The number of nitrogens with zero attached hydrogens (tertiary/aromatic N) is 1. The largest absolute Gasteiger partial charge is 0.490 e. The summed E-state index contributed by atoms with van der Waals surface area (Å²) in [6, 6.07) is 5.26. The molecule has 1 amide bonds. The SMILES string of the molecule is CCOc1cc(/C=C2\SC(=S)N(C[C@@H]3CCCO3)C2=O)ccc1OCC(=O)OC. The van der Waals surface area contributed by atoms with Gasteiger partial charge in [-0.15, -0.1) is 0 Å². The van der Waals surface area contributed by atoms with E-state index in [0.717, 1.165) is 25.0 Å². The average molecular weight is 438 g/mol. The molecule has 0 bridgehead atoms. The van der Waals surface area contributed by atoms with Gasteiger partial charge in [0.15, 0.2) is 18.1 Å². The van der Waals surface area contributed by atoms with Gasteiger partial charge in [0.2, 0.25) is 0 Å². The fourth-order valence-electron chi connectivity index (χ4n) is 3.00.